The number of esters is 4. The lowest BCUT2D eigenvalue weighted by atomic mass is 10.0. The van der Waals surface area contributed by atoms with Gasteiger partial charge in [0.15, 0.2) is 12.2 Å². The predicted octanol–water partition coefficient (Wildman–Crippen LogP) is 22.4. The van der Waals surface area contributed by atoms with Crippen LogP contribution in [0, 0.1) is 23.7 Å². The van der Waals surface area contributed by atoms with E-state index >= 15 is 0 Å². The highest BCUT2D eigenvalue weighted by molar-refractivity contribution is 7.47. The van der Waals surface area contributed by atoms with Gasteiger partial charge in [-0.05, 0) is 49.4 Å². The Morgan fingerprint density at radius 2 is 0.438 bits per heavy atom. The number of ether oxygens (including phenoxy) is 4. The molecule has 0 aromatic heterocycles. The first-order valence-corrected chi connectivity index (χ1v) is 42.7. The summed E-state index contributed by atoms with van der Waals surface area (Å²) in [7, 11) is -9.91. The fraction of sp³-hybridized carbons (Fsp3) is 0.948. The maximum Gasteiger partial charge on any atom is 0.472 e. The summed E-state index contributed by atoms with van der Waals surface area (Å²) in [6.45, 7) is 14.1. The minimum absolute atomic E-state index is 0.105. The molecule has 5 atom stereocenters. The zero-order valence-electron chi connectivity index (χ0n) is 63.0. The van der Waals surface area contributed by atoms with Crippen LogP contribution in [0.5, 0.6) is 0 Å². The molecule has 0 fully saturated rings. The summed E-state index contributed by atoms with van der Waals surface area (Å²) in [5.74, 6) is 0.880. The highest BCUT2D eigenvalue weighted by Gasteiger charge is 2.30. The maximum absolute atomic E-state index is 13.1. The topological polar surface area (TPSA) is 237 Å². The quantitative estimate of drug-likeness (QED) is 0.0222. The molecule has 17 nitrogen and oxygen atoms in total. The molecule has 0 aliphatic carbocycles. The van der Waals surface area contributed by atoms with Crippen LogP contribution in [0.15, 0.2) is 0 Å². The minimum atomic E-state index is -4.96. The first-order chi connectivity index (χ1) is 46.1. The van der Waals surface area contributed by atoms with Crippen molar-refractivity contribution in [3.63, 3.8) is 0 Å². The lowest BCUT2D eigenvalue weighted by Gasteiger charge is -2.21. The number of rotatable bonds is 74. The zero-order chi connectivity index (χ0) is 71.0. The van der Waals surface area contributed by atoms with E-state index in [2.05, 4.69) is 55.4 Å². The normalized spacial score (nSPS) is 14.1. The molecule has 0 spiro atoms. The number of aliphatic hydroxyl groups excluding tert-OH is 1. The van der Waals surface area contributed by atoms with Crippen LogP contribution >= 0.6 is 15.6 Å². The van der Waals surface area contributed by atoms with Crippen molar-refractivity contribution in [3.05, 3.63) is 0 Å². The predicted molar refractivity (Wildman–Crippen MR) is 391 cm³/mol. The van der Waals surface area contributed by atoms with Crippen molar-refractivity contribution in [2.24, 2.45) is 23.7 Å². The Balaban J connectivity index is 5.18. The molecule has 0 rings (SSSR count). The van der Waals surface area contributed by atoms with Gasteiger partial charge in [-0.2, -0.15) is 0 Å². The molecule has 0 aromatic rings. The Labute approximate surface area is 588 Å². The molecule has 19 heteroatoms. The Morgan fingerprint density at radius 1 is 0.260 bits per heavy atom. The molecule has 0 amide bonds. The third-order valence-corrected chi connectivity index (χ3v) is 19.7. The van der Waals surface area contributed by atoms with E-state index < -0.39 is 97.5 Å². The summed E-state index contributed by atoms with van der Waals surface area (Å²) in [6.07, 6.45) is 51.6. The van der Waals surface area contributed by atoms with Crippen LogP contribution in [0.4, 0.5) is 0 Å². The highest BCUT2D eigenvalue weighted by atomic mass is 31.2. The Kier molecular flexibility index (Phi) is 65.0. The van der Waals surface area contributed by atoms with Crippen LogP contribution in [-0.4, -0.2) is 96.7 Å². The van der Waals surface area contributed by atoms with E-state index in [-0.39, 0.29) is 25.7 Å². The molecule has 3 N–H and O–H groups in total. The van der Waals surface area contributed by atoms with Gasteiger partial charge in [-0.15, -0.1) is 0 Å². The van der Waals surface area contributed by atoms with E-state index in [1.807, 2.05) is 0 Å². The van der Waals surface area contributed by atoms with Gasteiger partial charge in [0.25, 0.3) is 0 Å². The van der Waals surface area contributed by atoms with Crippen molar-refractivity contribution in [2.45, 2.75) is 408 Å². The molecule has 0 aliphatic rings. The third kappa shape index (κ3) is 70.5. The van der Waals surface area contributed by atoms with Crippen LogP contribution in [-0.2, 0) is 65.4 Å². The molecule has 0 radical (unpaired) electrons. The Bertz CT molecular complexity index is 1880. The van der Waals surface area contributed by atoms with Crippen LogP contribution in [0.25, 0.3) is 0 Å². The summed E-state index contributed by atoms with van der Waals surface area (Å²) in [5.41, 5.74) is 0. The smallest absolute Gasteiger partial charge is 0.462 e. The van der Waals surface area contributed by atoms with E-state index in [1.54, 1.807) is 0 Å². The molecule has 0 aromatic carbocycles. The summed E-state index contributed by atoms with van der Waals surface area (Å²) in [4.78, 5) is 72.8. The fourth-order valence-electron chi connectivity index (χ4n) is 11.7. The van der Waals surface area contributed by atoms with Gasteiger partial charge in [-0.3, -0.25) is 37.3 Å². The zero-order valence-corrected chi connectivity index (χ0v) is 64.8. The van der Waals surface area contributed by atoms with Crippen LogP contribution in [0.3, 0.4) is 0 Å². The van der Waals surface area contributed by atoms with Crippen LogP contribution in [0.1, 0.15) is 389 Å². The van der Waals surface area contributed by atoms with Gasteiger partial charge in [-0.1, -0.05) is 338 Å². The van der Waals surface area contributed by atoms with Gasteiger partial charge in [0.2, 0.25) is 0 Å². The number of hydrogen-bond donors (Lipinski definition) is 3. The lowest BCUT2D eigenvalue weighted by Crippen LogP contribution is -2.30. The van der Waals surface area contributed by atoms with Gasteiger partial charge in [0, 0.05) is 25.7 Å². The number of phosphoric acid groups is 2. The third-order valence-electron chi connectivity index (χ3n) is 17.8. The van der Waals surface area contributed by atoms with Crippen molar-refractivity contribution in [1.82, 2.24) is 0 Å². The van der Waals surface area contributed by atoms with Gasteiger partial charge >= 0.3 is 39.5 Å². The van der Waals surface area contributed by atoms with Gasteiger partial charge in [0.1, 0.15) is 19.3 Å². The number of carbonyl (C=O) groups excluding carboxylic acids is 4. The minimum Gasteiger partial charge on any atom is -0.462 e. The lowest BCUT2D eigenvalue weighted by molar-refractivity contribution is -0.161. The fourth-order valence-corrected chi connectivity index (χ4v) is 13.3. The standard InChI is InChI=1S/C77H150O17P2/c1-67(2)53-45-37-29-23-19-15-13-11-9-10-12-14-16-21-25-33-43-51-59-76(81)93-72(63-87-74(79)57-49-41-32-28-27-31-39-47-55-69(5)6)65-91-95(83,84)89-61-71(78)62-90-96(85,86)92-66-73(64-88-75(80)58-50-42-36-35-40-48-56-70(7)8)94-77(82)60-52-44-34-26-22-18-17-20-24-30-38-46-54-68(3)4/h67-73,78H,9-66H2,1-8H3,(H,83,84)(H,85,86)/t71-,72-,73-/m1/s1. The molecule has 0 saturated heterocycles. The second-order valence-corrected chi connectivity index (χ2v) is 32.6. The number of hydrogen-bond acceptors (Lipinski definition) is 15. The van der Waals surface area contributed by atoms with Crippen molar-refractivity contribution in [3.8, 4) is 0 Å². The SMILES string of the molecule is CC(C)CCCCCCCCCCCCCCCCCCCCC(=O)O[C@H](COC(=O)CCCCCCCCCCC(C)C)COP(=O)(O)OC[C@@H](O)COP(=O)(O)OC[C@@H](COC(=O)CCCCCCCCC(C)C)OC(=O)CCCCCCCCCCCCCCC(C)C. The molecular formula is C77H150O17P2. The molecule has 2 unspecified atom stereocenters. The molecule has 0 heterocycles. The van der Waals surface area contributed by atoms with Crippen LogP contribution in [0.2, 0.25) is 0 Å². The van der Waals surface area contributed by atoms with Crippen molar-refractivity contribution in [1.29, 1.82) is 0 Å². The van der Waals surface area contributed by atoms with E-state index in [1.165, 1.54) is 186 Å². The van der Waals surface area contributed by atoms with Gasteiger partial charge in [0.05, 0.1) is 26.4 Å². The molecule has 0 bridgehead atoms. The Hall–Kier alpha value is -1.94. The largest absolute Gasteiger partial charge is 0.472 e. The molecular weight excluding hydrogens is 1260 g/mol. The first-order valence-electron chi connectivity index (χ1n) is 39.7. The van der Waals surface area contributed by atoms with E-state index in [9.17, 15) is 43.2 Å². The maximum atomic E-state index is 13.1. The number of phosphoric ester groups is 2. The van der Waals surface area contributed by atoms with E-state index in [0.717, 1.165) is 114 Å². The molecule has 570 valence electrons. The first kappa shape index (κ1) is 94.1. The molecule has 96 heavy (non-hydrogen) atoms. The average Bonchev–Trinajstić information content (AvgIpc) is 1.14. The van der Waals surface area contributed by atoms with Crippen molar-refractivity contribution in [2.75, 3.05) is 39.6 Å². The summed E-state index contributed by atoms with van der Waals surface area (Å²) in [5, 5.41) is 10.6. The number of aliphatic hydroxyl groups is 1. The summed E-state index contributed by atoms with van der Waals surface area (Å²) in [6, 6.07) is 0. The summed E-state index contributed by atoms with van der Waals surface area (Å²) >= 11 is 0. The molecule has 0 saturated carbocycles. The number of unbranched alkanes of at least 4 members (excludes halogenated alkanes) is 40. The highest BCUT2D eigenvalue weighted by Crippen LogP contribution is 2.45. The van der Waals surface area contributed by atoms with E-state index in [0.29, 0.717) is 31.6 Å². The van der Waals surface area contributed by atoms with Crippen molar-refractivity contribution >= 4 is 39.5 Å². The number of carbonyl (C=O) groups is 4. The van der Waals surface area contributed by atoms with Crippen LogP contribution < -0.4 is 0 Å². The second kappa shape index (κ2) is 66.3. The van der Waals surface area contributed by atoms with Gasteiger partial charge < -0.3 is 33.8 Å². The average molecular weight is 1410 g/mol. The molecule has 0 aliphatic heterocycles. The second-order valence-electron chi connectivity index (χ2n) is 29.7. The Morgan fingerprint density at radius 3 is 0.646 bits per heavy atom. The van der Waals surface area contributed by atoms with Crippen molar-refractivity contribution < 1.29 is 80.2 Å². The van der Waals surface area contributed by atoms with E-state index in [4.69, 9.17) is 37.0 Å². The monoisotopic (exact) mass is 1410 g/mol. The summed E-state index contributed by atoms with van der Waals surface area (Å²) < 4.78 is 68.5. The van der Waals surface area contributed by atoms with Gasteiger partial charge in [-0.25, -0.2) is 9.13 Å².